The van der Waals surface area contributed by atoms with Gasteiger partial charge in [0.1, 0.15) is 5.78 Å². The lowest BCUT2D eigenvalue weighted by Crippen LogP contribution is -2.01. The number of hydrogen-bond donors (Lipinski definition) is 0. The summed E-state index contributed by atoms with van der Waals surface area (Å²) in [5.74, 6) is 0.754. The zero-order valence-corrected chi connectivity index (χ0v) is 9.28. The van der Waals surface area contributed by atoms with Crippen LogP contribution in [0.4, 0.5) is 0 Å². The van der Waals surface area contributed by atoms with Crippen molar-refractivity contribution in [2.75, 3.05) is 0 Å². The lowest BCUT2D eigenvalue weighted by molar-refractivity contribution is -0.119. The highest BCUT2D eigenvalue weighted by Gasteiger charge is 2.11. The van der Waals surface area contributed by atoms with Gasteiger partial charge >= 0.3 is 0 Å². The molecule has 0 spiro atoms. The van der Waals surface area contributed by atoms with Crippen LogP contribution < -0.4 is 0 Å². The van der Waals surface area contributed by atoms with Gasteiger partial charge < -0.3 is 0 Å². The Kier molecular flexibility index (Phi) is 3.67. The number of ketones is 1. The lowest BCUT2D eigenvalue weighted by Gasteiger charge is -2.06. The highest BCUT2D eigenvalue weighted by atomic mass is 32.1. The highest BCUT2D eigenvalue weighted by Crippen LogP contribution is 2.26. The number of hydrogen-bond acceptors (Lipinski definition) is 2. The minimum absolute atomic E-state index is 0.360. The Balaban J connectivity index is 2.58. The SMILES string of the molecule is CCC(=O)CC(C)c1ccc(C)s1. The first-order valence-corrected chi connectivity index (χ1v) is 5.53. The summed E-state index contributed by atoms with van der Waals surface area (Å²) >= 11 is 1.80. The van der Waals surface area contributed by atoms with E-state index in [4.69, 9.17) is 0 Å². The summed E-state index contributed by atoms with van der Waals surface area (Å²) in [7, 11) is 0. The number of carbonyl (C=O) groups is 1. The molecule has 0 aliphatic rings. The van der Waals surface area contributed by atoms with Gasteiger partial charge in [0.25, 0.3) is 0 Å². The van der Waals surface area contributed by atoms with Gasteiger partial charge in [0.05, 0.1) is 0 Å². The summed E-state index contributed by atoms with van der Waals surface area (Å²) in [5.41, 5.74) is 0. The molecule has 13 heavy (non-hydrogen) atoms. The maximum absolute atomic E-state index is 11.2. The third kappa shape index (κ3) is 2.96. The molecule has 0 aromatic carbocycles. The summed E-state index contributed by atoms with van der Waals surface area (Å²) in [5, 5.41) is 0. The number of aryl methyl sites for hydroxylation is 1. The summed E-state index contributed by atoms with van der Waals surface area (Å²) in [6, 6.07) is 4.25. The minimum atomic E-state index is 0.360. The molecule has 1 rings (SSSR count). The van der Waals surface area contributed by atoms with E-state index >= 15 is 0 Å². The van der Waals surface area contributed by atoms with Crippen molar-refractivity contribution in [3.05, 3.63) is 21.9 Å². The van der Waals surface area contributed by atoms with Crippen LogP contribution in [0.3, 0.4) is 0 Å². The van der Waals surface area contributed by atoms with E-state index in [0.29, 0.717) is 24.5 Å². The first-order valence-electron chi connectivity index (χ1n) is 4.71. The smallest absolute Gasteiger partial charge is 0.133 e. The Morgan fingerprint density at radius 2 is 2.23 bits per heavy atom. The van der Waals surface area contributed by atoms with Gasteiger partial charge in [-0.3, -0.25) is 4.79 Å². The number of thiophene rings is 1. The first kappa shape index (κ1) is 10.5. The van der Waals surface area contributed by atoms with E-state index in [2.05, 4.69) is 26.0 Å². The average Bonchev–Trinajstić information content (AvgIpc) is 2.51. The van der Waals surface area contributed by atoms with Crippen molar-refractivity contribution in [3.8, 4) is 0 Å². The van der Waals surface area contributed by atoms with Gasteiger partial charge in [0.15, 0.2) is 0 Å². The molecule has 0 bridgehead atoms. The Bertz CT molecular complexity index is 288. The second kappa shape index (κ2) is 4.56. The Labute approximate surface area is 83.8 Å². The highest BCUT2D eigenvalue weighted by molar-refractivity contribution is 7.12. The van der Waals surface area contributed by atoms with E-state index in [1.54, 1.807) is 11.3 Å². The van der Waals surface area contributed by atoms with Crippen molar-refractivity contribution in [2.45, 2.75) is 39.5 Å². The molecule has 1 atom stereocenters. The molecule has 0 amide bonds. The fourth-order valence-corrected chi connectivity index (χ4v) is 2.23. The molecule has 0 saturated carbocycles. The third-order valence-corrected chi connectivity index (χ3v) is 3.41. The van der Waals surface area contributed by atoms with E-state index in [0.717, 1.165) is 0 Å². The Hall–Kier alpha value is -0.630. The fraction of sp³-hybridized carbons (Fsp3) is 0.545. The third-order valence-electron chi connectivity index (χ3n) is 2.18. The van der Waals surface area contributed by atoms with Crippen LogP contribution in [0.25, 0.3) is 0 Å². The molecule has 1 unspecified atom stereocenters. The second-order valence-electron chi connectivity index (χ2n) is 3.45. The van der Waals surface area contributed by atoms with Gasteiger partial charge in [-0.15, -0.1) is 11.3 Å². The molecule has 1 nitrogen and oxygen atoms in total. The van der Waals surface area contributed by atoms with E-state index in [9.17, 15) is 4.79 Å². The van der Waals surface area contributed by atoms with Gasteiger partial charge in [-0.05, 0) is 25.0 Å². The predicted octanol–water partition coefficient (Wildman–Crippen LogP) is 3.53. The molecule has 0 N–H and O–H groups in total. The molecule has 2 heteroatoms. The quantitative estimate of drug-likeness (QED) is 0.720. The number of carbonyl (C=O) groups excluding carboxylic acids is 1. The fourth-order valence-electron chi connectivity index (χ4n) is 1.30. The van der Waals surface area contributed by atoms with Crippen LogP contribution in [0.5, 0.6) is 0 Å². The topological polar surface area (TPSA) is 17.1 Å². The van der Waals surface area contributed by atoms with Crippen molar-refractivity contribution in [1.29, 1.82) is 0 Å². The molecule has 1 heterocycles. The van der Waals surface area contributed by atoms with E-state index in [1.165, 1.54) is 9.75 Å². The van der Waals surface area contributed by atoms with E-state index in [-0.39, 0.29) is 0 Å². The molecular weight excluding hydrogens is 180 g/mol. The van der Waals surface area contributed by atoms with Crippen molar-refractivity contribution in [3.63, 3.8) is 0 Å². The molecule has 1 aromatic rings. The second-order valence-corrected chi connectivity index (χ2v) is 4.77. The average molecular weight is 196 g/mol. The van der Waals surface area contributed by atoms with Crippen LogP contribution in [0.15, 0.2) is 12.1 Å². The van der Waals surface area contributed by atoms with Crippen LogP contribution in [0.1, 0.15) is 42.4 Å². The molecule has 0 fully saturated rings. The summed E-state index contributed by atoms with van der Waals surface area (Å²) in [4.78, 5) is 13.9. The largest absolute Gasteiger partial charge is 0.300 e. The Morgan fingerprint density at radius 1 is 1.54 bits per heavy atom. The van der Waals surface area contributed by atoms with Crippen molar-refractivity contribution in [1.82, 2.24) is 0 Å². The molecular formula is C11H16OS. The van der Waals surface area contributed by atoms with Gasteiger partial charge in [0, 0.05) is 22.6 Å². The zero-order valence-electron chi connectivity index (χ0n) is 8.46. The molecule has 1 aromatic heterocycles. The normalized spacial score (nSPS) is 12.8. The maximum atomic E-state index is 11.2. The minimum Gasteiger partial charge on any atom is -0.300 e. The number of Topliss-reactive ketones (excluding diaryl/α,β-unsaturated/α-hetero) is 1. The Morgan fingerprint density at radius 3 is 2.69 bits per heavy atom. The van der Waals surface area contributed by atoms with Gasteiger partial charge in [-0.25, -0.2) is 0 Å². The van der Waals surface area contributed by atoms with E-state index < -0.39 is 0 Å². The summed E-state index contributed by atoms with van der Waals surface area (Å²) in [6.07, 6.45) is 1.35. The van der Waals surface area contributed by atoms with Crippen LogP contribution in [0.2, 0.25) is 0 Å². The van der Waals surface area contributed by atoms with Crippen molar-refractivity contribution >= 4 is 17.1 Å². The van der Waals surface area contributed by atoms with E-state index in [1.807, 2.05) is 6.92 Å². The monoisotopic (exact) mass is 196 g/mol. The maximum Gasteiger partial charge on any atom is 0.133 e. The standard InChI is InChI=1S/C11H16OS/c1-4-10(12)7-8(2)11-6-5-9(3)13-11/h5-6,8H,4,7H2,1-3H3. The molecule has 0 aliphatic heterocycles. The number of rotatable bonds is 4. The molecule has 0 radical (unpaired) electrons. The van der Waals surface area contributed by atoms with Crippen molar-refractivity contribution < 1.29 is 4.79 Å². The molecule has 72 valence electrons. The lowest BCUT2D eigenvalue weighted by atomic mass is 10.0. The van der Waals surface area contributed by atoms with Crippen LogP contribution in [-0.2, 0) is 4.79 Å². The van der Waals surface area contributed by atoms with Crippen LogP contribution >= 0.6 is 11.3 Å². The summed E-state index contributed by atoms with van der Waals surface area (Å²) < 4.78 is 0. The van der Waals surface area contributed by atoms with Gasteiger partial charge in [-0.1, -0.05) is 13.8 Å². The molecule has 0 saturated heterocycles. The predicted molar refractivity (Wildman–Crippen MR) is 57.4 cm³/mol. The van der Waals surface area contributed by atoms with Gasteiger partial charge in [0.2, 0.25) is 0 Å². The van der Waals surface area contributed by atoms with Crippen molar-refractivity contribution in [2.24, 2.45) is 0 Å². The van der Waals surface area contributed by atoms with Crippen LogP contribution in [0, 0.1) is 6.92 Å². The zero-order chi connectivity index (χ0) is 9.84. The van der Waals surface area contributed by atoms with Crippen LogP contribution in [-0.4, -0.2) is 5.78 Å². The first-order chi connectivity index (χ1) is 6.13. The molecule has 0 aliphatic carbocycles. The van der Waals surface area contributed by atoms with Gasteiger partial charge in [-0.2, -0.15) is 0 Å². The summed E-state index contributed by atoms with van der Waals surface area (Å²) in [6.45, 7) is 6.15.